The summed E-state index contributed by atoms with van der Waals surface area (Å²) in [4.78, 5) is 0. The number of nitrogens with one attached hydrogen (secondary N) is 2. The molecule has 0 fully saturated rings. The van der Waals surface area contributed by atoms with E-state index in [2.05, 4.69) is 15.8 Å². The van der Waals surface area contributed by atoms with Crippen LogP contribution in [0, 0.1) is 6.92 Å². The van der Waals surface area contributed by atoms with Gasteiger partial charge in [0.15, 0.2) is 5.11 Å². The molecule has 0 aliphatic rings. The van der Waals surface area contributed by atoms with Gasteiger partial charge < -0.3 is 10.1 Å². The molecule has 4 nitrogen and oxygen atoms in total. The van der Waals surface area contributed by atoms with Gasteiger partial charge in [-0.2, -0.15) is 5.10 Å². The van der Waals surface area contributed by atoms with Crippen molar-refractivity contribution in [2.24, 2.45) is 5.10 Å². The third-order valence-electron chi connectivity index (χ3n) is 2.01. The molecule has 0 heterocycles. The van der Waals surface area contributed by atoms with Gasteiger partial charge in [-0.25, -0.2) is 0 Å². The van der Waals surface area contributed by atoms with Crippen molar-refractivity contribution in [1.82, 2.24) is 10.7 Å². The molecule has 0 radical (unpaired) electrons. The lowest BCUT2D eigenvalue weighted by molar-refractivity contribution is 0.204. The first-order valence-electron chi connectivity index (χ1n) is 5.35. The topological polar surface area (TPSA) is 45.6 Å². The monoisotopic (exact) mass is 251 g/mol. The van der Waals surface area contributed by atoms with E-state index in [1.54, 1.807) is 13.3 Å². The average Bonchev–Trinajstić information content (AvgIpc) is 2.29. The van der Waals surface area contributed by atoms with Gasteiger partial charge in [0.25, 0.3) is 0 Å². The minimum absolute atomic E-state index is 0.492. The molecular formula is C12H17N3OS. The molecule has 0 unspecified atom stereocenters. The number of benzene rings is 1. The molecule has 2 N–H and O–H groups in total. The Balaban J connectivity index is 2.32. The van der Waals surface area contributed by atoms with E-state index in [-0.39, 0.29) is 0 Å². The molecule has 0 bridgehead atoms. The van der Waals surface area contributed by atoms with E-state index < -0.39 is 0 Å². The molecule has 0 amide bonds. The molecule has 17 heavy (non-hydrogen) atoms. The van der Waals surface area contributed by atoms with Crippen molar-refractivity contribution in [3.05, 3.63) is 35.4 Å². The van der Waals surface area contributed by atoms with Crippen molar-refractivity contribution in [1.29, 1.82) is 0 Å². The molecule has 0 aromatic heterocycles. The number of ether oxygens (including phenoxy) is 1. The van der Waals surface area contributed by atoms with Crippen molar-refractivity contribution in [3.63, 3.8) is 0 Å². The Bertz CT molecular complexity index is 393. The molecule has 0 aliphatic heterocycles. The summed E-state index contributed by atoms with van der Waals surface area (Å²) in [5, 5.41) is 7.50. The quantitative estimate of drug-likeness (QED) is 0.360. The Kier molecular flexibility index (Phi) is 6.21. The van der Waals surface area contributed by atoms with Gasteiger partial charge in [0.1, 0.15) is 0 Å². The first-order chi connectivity index (χ1) is 8.22. The Morgan fingerprint density at radius 3 is 3.06 bits per heavy atom. The summed E-state index contributed by atoms with van der Waals surface area (Å²) in [5.41, 5.74) is 4.99. The number of thiocarbonyl (C=S) groups is 1. The molecule has 5 heteroatoms. The van der Waals surface area contributed by atoms with Crippen LogP contribution in [0.2, 0.25) is 0 Å². The van der Waals surface area contributed by atoms with Crippen LogP contribution in [0.25, 0.3) is 0 Å². The zero-order valence-electron chi connectivity index (χ0n) is 10.1. The maximum absolute atomic E-state index is 5.02. The summed E-state index contributed by atoms with van der Waals surface area (Å²) in [6, 6.07) is 8.07. The highest BCUT2D eigenvalue weighted by atomic mass is 32.1. The second kappa shape index (κ2) is 7.76. The molecule has 0 saturated heterocycles. The minimum Gasteiger partial charge on any atom is -0.383 e. The van der Waals surface area contributed by atoms with E-state index >= 15 is 0 Å². The largest absolute Gasteiger partial charge is 0.383 e. The Labute approximate surface area is 107 Å². The predicted molar refractivity (Wildman–Crippen MR) is 74.4 cm³/mol. The molecule has 92 valence electrons. The van der Waals surface area contributed by atoms with E-state index in [0.29, 0.717) is 18.3 Å². The number of hydrogen-bond acceptors (Lipinski definition) is 3. The Morgan fingerprint density at radius 2 is 2.35 bits per heavy atom. The molecule has 0 spiro atoms. The van der Waals surface area contributed by atoms with Crippen LogP contribution in [0.3, 0.4) is 0 Å². The highest BCUT2D eigenvalue weighted by molar-refractivity contribution is 7.80. The van der Waals surface area contributed by atoms with Crippen molar-refractivity contribution in [2.75, 3.05) is 20.3 Å². The van der Waals surface area contributed by atoms with E-state index in [9.17, 15) is 0 Å². The normalized spacial score (nSPS) is 10.5. The first kappa shape index (κ1) is 13.6. The zero-order valence-corrected chi connectivity index (χ0v) is 10.9. The zero-order chi connectivity index (χ0) is 12.5. The molecule has 0 atom stereocenters. The van der Waals surface area contributed by atoms with Gasteiger partial charge in [-0.15, -0.1) is 0 Å². The van der Waals surface area contributed by atoms with Gasteiger partial charge in [0.2, 0.25) is 0 Å². The lowest BCUT2D eigenvalue weighted by Crippen LogP contribution is -2.34. The van der Waals surface area contributed by atoms with Crippen LogP contribution in [0.4, 0.5) is 0 Å². The van der Waals surface area contributed by atoms with Crippen LogP contribution in [0.5, 0.6) is 0 Å². The lowest BCUT2D eigenvalue weighted by atomic mass is 10.2. The molecule has 1 aromatic rings. The van der Waals surface area contributed by atoms with Crippen LogP contribution in [-0.4, -0.2) is 31.6 Å². The standard InChI is InChI=1S/C12H17N3OS/c1-10-4-3-5-11(8-10)9-14-15-12(17)13-6-7-16-2/h3-5,8-9H,6-7H2,1-2H3,(H2,13,15,17)/b14-9-. The summed E-state index contributed by atoms with van der Waals surface area (Å²) in [7, 11) is 1.65. The van der Waals surface area contributed by atoms with Gasteiger partial charge in [-0.3, -0.25) is 5.43 Å². The fraction of sp³-hybridized carbons (Fsp3) is 0.333. The van der Waals surface area contributed by atoms with Crippen LogP contribution in [0.15, 0.2) is 29.4 Å². The smallest absolute Gasteiger partial charge is 0.187 e. The third kappa shape index (κ3) is 5.99. The van der Waals surface area contributed by atoms with Gasteiger partial charge in [-0.05, 0) is 24.7 Å². The summed E-state index contributed by atoms with van der Waals surface area (Å²) < 4.78 is 4.89. The summed E-state index contributed by atoms with van der Waals surface area (Å²) >= 11 is 5.02. The van der Waals surface area contributed by atoms with Crippen molar-refractivity contribution in [3.8, 4) is 0 Å². The summed E-state index contributed by atoms with van der Waals surface area (Å²) in [5.74, 6) is 0. The fourth-order valence-corrected chi connectivity index (χ4v) is 1.38. The van der Waals surface area contributed by atoms with Crippen LogP contribution in [-0.2, 0) is 4.74 Å². The maximum Gasteiger partial charge on any atom is 0.187 e. The highest BCUT2D eigenvalue weighted by Crippen LogP contribution is 2.00. The number of rotatable bonds is 5. The third-order valence-corrected chi connectivity index (χ3v) is 2.25. The average molecular weight is 251 g/mol. The number of hydrogen-bond donors (Lipinski definition) is 2. The predicted octanol–water partition coefficient (Wildman–Crippen LogP) is 1.44. The van der Waals surface area contributed by atoms with E-state index in [1.807, 2.05) is 31.2 Å². The van der Waals surface area contributed by atoms with E-state index in [4.69, 9.17) is 17.0 Å². The van der Waals surface area contributed by atoms with E-state index in [1.165, 1.54) is 5.56 Å². The Hall–Kier alpha value is -1.46. The number of hydrazone groups is 1. The number of aryl methyl sites for hydroxylation is 1. The van der Waals surface area contributed by atoms with Crippen molar-refractivity contribution < 1.29 is 4.74 Å². The van der Waals surface area contributed by atoms with Crippen molar-refractivity contribution >= 4 is 23.5 Å². The van der Waals surface area contributed by atoms with Crippen LogP contribution in [0.1, 0.15) is 11.1 Å². The molecule has 1 rings (SSSR count). The second-order valence-electron chi connectivity index (χ2n) is 3.53. The fourth-order valence-electron chi connectivity index (χ4n) is 1.22. The molecule has 0 aliphatic carbocycles. The van der Waals surface area contributed by atoms with Crippen LogP contribution >= 0.6 is 12.2 Å². The molecule has 1 aromatic carbocycles. The Morgan fingerprint density at radius 1 is 1.53 bits per heavy atom. The van der Waals surface area contributed by atoms with E-state index in [0.717, 1.165) is 5.56 Å². The minimum atomic E-state index is 0.492. The number of nitrogens with zero attached hydrogens (tertiary/aromatic N) is 1. The highest BCUT2D eigenvalue weighted by Gasteiger charge is 1.91. The van der Waals surface area contributed by atoms with Gasteiger partial charge in [0, 0.05) is 13.7 Å². The molecular weight excluding hydrogens is 234 g/mol. The molecule has 0 saturated carbocycles. The lowest BCUT2D eigenvalue weighted by Gasteiger charge is -2.05. The number of methoxy groups -OCH3 is 1. The van der Waals surface area contributed by atoms with Crippen molar-refractivity contribution in [2.45, 2.75) is 6.92 Å². The maximum atomic E-state index is 5.02. The summed E-state index contributed by atoms with van der Waals surface area (Å²) in [6.45, 7) is 3.33. The van der Waals surface area contributed by atoms with Gasteiger partial charge >= 0.3 is 0 Å². The SMILES string of the molecule is COCCNC(=S)N/N=C\c1cccc(C)c1. The first-order valence-corrected chi connectivity index (χ1v) is 5.75. The second-order valence-corrected chi connectivity index (χ2v) is 3.94. The van der Waals surface area contributed by atoms with Gasteiger partial charge in [0.05, 0.1) is 12.8 Å². The van der Waals surface area contributed by atoms with Gasteiger partial charge in [-0.1, -0.05) is 29.8 Å². The van der Waals surface area contributed by atoms with Crippen LogP contribution < -0.4 is 10.7 Å². The summed E-state index contributed by atoms with van der Waals surface area (Å²) in [6.07, 6.45) is 1.73.